The zero-order valence-electron chi connectivity index (χ0n) is 10.2. The fourth-order valence-corrected chi connectivity index (χ4v) is 1.30. The highest BCUT2D eigenvalue weighted by Crippen LogP contribution is 2.20. The summed E-state index contributed by atoms with van der Waals surface area (Å²) in [6.07, 6.45) is 0.664. The molecule has 2 N–H and O–H groups in total. The molecule has 0 aromatic carbocycles. The molecule has 1 heterocycles. The summed E-state index contributed by atoms with van der Waals surface area (Å²) in [5.41, 5.74) is 5.78. The third kappa shape index (κ3) is 3.41. The highest BCUT2D eigenvalue weighted by molar-refractivity contribution is 5.85. The molecule has 0 fully saturated rings. The van der Waals surface area contributed by atoms with Crippen molar-refractivity contribution in [2.24, 2.45) is 12.8 Å². The first-order valence-electron chi connectivity index (χ1n) is 4.96. The molecule has 0 saturated carbocycles. The standard InChI is InChI=1S/C9H14N4O4.ClH/c1-5(10)8(14)17-6(2)7-4-11-9(12(7)3)13(15)16;/h4-6H,10H2,1-3H3;1H/t5-,6?;/m0./s1. The Kier molecular flexibility index (Phi) is 5.73. The van der Waals surface area contributed by atoms with Crippen LogP contribution < -0.4 is 5.73 Å². The van der Waals surface area contributed by atoms with Crippen LogP contribution in [0, 0.1) is 10.1 Å². The van der Waals surface area contributed by atoms with Crippen LogP contribution in [0.5, 0.6) is 0 Å². The molecule has 0 saturated heterocycles. The average molecular weight is 279 g/mol. The molecule has 18 heavy (non-hydrogen) atoms. The van der Waals surface area contributed by atoms with Gasteiger partial charge in [-0.2, -0.15) is 0 Å². The van der Waals surface area contributed by atoms with Gasteiger partial charge in [-0.15, -0.1) is 12.4 Å². The van der Waals surface area contributed by atoms with Crippen molar-refractivity contribution < 1.29 is 14.5 Å². The summed E-state index contributed by atoms with van der Waals surface area (Å²) in [6, 6.07) is -0.735. The van der Waals surface area contributed by atoms with Gasteiger partial charge in [0, 0.05) is 0 Å². The summed E-state index contributed by atoms with van der Waals surface area (Å²) in [5.74, 6) is -0.870. The number of nitrogens with two attached hydrogens (primary N) is 1. The quantitative estimate of drug-likeness (QED) is 0.493. The van der Waals surface area contributed by atoms with Crippen molar-refractivity contribution >= 4 is 24.3 Å². The molecule has 0 aliphatic heterocycles. The fraction of sp³-hybridized carbons (Fsp3) is 0.556. The Bertz CT molecular complexity index is 446. The number of nitro groups is 1. The van der Waals surface area contributed by atoms with Crippen LogP contribution in [0.1, 0.15) is 25.6 Å². The zero-order valence-corrected chi connectivity index (χ0v) is 11.0. The van der Waals surface area contributed by atoms with E-state index in [1.807, 2.05) is 0 Å². The molecule has 102 valence electrons. The summed E-state index contributed by atoms with van der Waals surface area (Å²) >= 11 is 0. The summed E-state index contributed by atoms with van der Waals surface area (Å²) in [6.45, 7) is 3.10. The molecule has 0 radical (unpaired) electrons. The van der Waals surface area contributed by atoms with Crippen LogP contribution in [0.25, 0.3) is 0 Å². The number of imidazole rings is 1. The van der Waals surface area contributed by atoms with Crippen molar-refractivity contribution in [2.45, 2.75) is 26.0 Å². The molecule has 8 nitrogen and oxygen atoms in total. The lowest BCUT2D eigenvalue weighted by Crippen LogP contribution is -2.29. The highest BCUT2D eigenvalue weighted by atomic mass is 35.5. The Balaban J connectivity index is 0.00000289. The van der Waals surface area contributed by atoms with E-state index >= 15 is 0 Å². The van der Waals surface area contributed by atoms with Gasteiger partial charge in [-0.1, -0.05) is 4.98 Å². The maximum absolute atomic E-state index is 11.3. The van der Waals surface area contributed by atoms with Gasteiger partial charge < -0.3 is 20.6 Å². The number of ether oxygens (including phenoxy) is 1. The van der Waals surface area contributed by atoms with Crippen LogP contribution in [0.2, 0.25) is 0 Å². The molecule has 1 rings (SSSR count). The average Bonchev–Trinajstić information content (AvgIpc) is 2.59. The van der Waals surface area contributed by atoms with E-state index < -0.39 is 23.0 Å². The number of halogens is 1. The smallest absolute Gasteiger partial charge is 0.434 e. The second-order valence-corrected chi connectivity index (χ2v) is 3.67. The molecule has 0 amide bonds. The van der Waals surface area contributed by atoms with Crippen LogP contribution in [-0.4, -0.2) is 26.5 Å². The number of hydrogen-bond donors (Lipinski definition) is 1. The van der Waals surface area contributed by atoms with Crippen LogP contribution >= 0.6 is 12.4 Å². The second kappa shape index (κ2) is 6.31. The van der Waals surface area contributed by atoms with Crippen LogP contribution in [0.3, 0.4) is 0 Å². The Morgan fingerprint density at radius 3 is 2.56 bits per heavy atom. The van der Waals surface area contributed by atoms with E-state index in [4.69, 9.17) is 10.5 Å². The number of carbonyl (C=O) groups excluding carboxylic acids is 1. The lowest BCUT2D eigenvalue weighted by molar-refractivity contribution is -0.396. The summed E-state index contributed by atoms with van der Waals surface area (Å²) in [7, 11) is 1.48. The van der Waals surface area contributed by atoms with E-state index in [0.29, 0.717) is 5.69 Å². The van der Waals surface area contributed by atoms with Crippen molar-refractivity contribution in [3.63, 3.8) is 0 Å². The third-order valence-electron chi connectivity index (χ3n) is 2.24. The highest BCUT2D eigenvalue weighted by Gasteiger charge is 2.24. The molecule has 2 atom stereocenters. The first kappa shape index (κ1) is 16.3. The Morgan fingerprint density at radius 1 is 1.61 bits per heavy atom. The number of carbonyl (C=O) groups is 1. The Hall–Kier alpha value is -1.67. The fourth-order valence-electron chi connectivity index (χ4n) is 1.30. The van der Waals surface area contributed by atoms with E-state index in [2.05, 4.69) is 4.98 Å². The van der Waals surface area contributed by atoms with Gasteiger partial charge >= 0.3 is 11.9 Å². The third-order valence-corrected chi connectivity index (χ3v) is 2.24. The van der Waals surface area contributed by atoms with Crippen molar-refractivity contribution in [1.29, 1.82) is 0 Å². The Morgan fingerprint density at radius 2 is 2.17 bits per heavy atom. The number of aromatic nitrogens is 2. The van der Waals surface area contributed by atoms with Crippen molar-refractivity contribution in [2.75, 3.05) is 0 Å². The van der Waals surface area contributed by atoms with E-state index in [1.54, 1.807) is 6.92 Å². The summed E-state index contributed by atoms with van der Waals surface area (Å²) in [5, 5.41) is 10.6. The lowest BCUT2D eigenvalue weighted by atomic mass is 10.3. The number of nitrogens with zero attached hydrogens (tertiary/aromatic N) is 3. The van der Waals surface area contributed by atoms with Crippen LogP contribution in [0.15, 0.2) is 6.20 Å². The first-order chi connectivity index (χ1) is 7.84. The van der Waals surface area contributed by atoms with Gasteiger partial charge in [0.2, 0.25) is 0 Å². The molecule has 1 aromatic heterocycles. The van der Waals surface area contributed by atoms with Crippen molar-refractivity contribution in [3.05, 3.63) is 22.0 Å². The lowest BCUT2D eigenvalue weighted by Gasteiger charge is -2.13. The van der Waals surface area contributed by atoms with Crippen molar-refractivity contribution in [1.82, 2.24) is 9.55 Å². The van der Waals surface area contributed by atoms with Gasteiger partial charge in [0.05, 0.1) is 7.05 Å². The minimum atomic E-state index is -0.735. The molecule has 0 aliphatic rings. The van der Waals surface area contributed by atoms with Crippen molar-refractivity contribution in [3.8, 4) is 0 Å². The monoisotopic (exact) mass is 278 g/mol. The maximum atomic E-state index is 11.3. The predicted octanol–water partition coefficient (Wildman–Crippen LogP) is 0.701. The van der Waals surface area contributed by atoms with Crippen LogP contribution in [0.4, 0.5) is 5.95 Å². The minimum absolute atomic E-state index is 0. The number of esters is 1. The molecule has 1 unspecified atom stereocenters. The summed E-state index contributed by atoms with van der Waals surface area (Å²) in [4.78, 5) is 24.9. The largest absolute Gasteiger partial charge is 0.453 e. The van der Waals surface area contributed by atoms with Gasteiger partial charge in [-0.3, -0.25) is 4.79 Å². The maximum Gasteiger partial charge on any atom is 0.434 e. The van der Waals surface area contributed by atoms with Gasteiger partial charge in [-0.05, 0) is 18.8 Å². The molecule has 1 aromatic rings. The first-order valence-corrected chi connectivity index (χ1v) is 4.96. The SMILES string of the molecule is CC(OC(=O)[C@H](C)N)c1cnc([N+](=O)[O-])n1C.Cl. The van der Waals surface area contributed by atoms with E-state index in [-0.39, 0.29) is 18.4 Å². The summed E-state index contributed by atoms with van der Waals surface area (Å²) < 4.78 is 6.29. The number of rotatable bonds is 4. The van der Waals surface area contributed by atoms with Gasteiger partial charge in [-0.25, -0.2) is 4.57 Å². The number of hydrogen-bond acceptors (Lipinski definition) is 6. The Labute approximate surface area is 110 Å². The normalized spacial score (nSPS) is 13.3. The topological polar surface area (TPSA) is 113 Å². The van der Waals surface area contributed by atoms with E-state index in [9.17, 15) is 14.9 Å². The van der Waals surface area contributed by atoms with Crippen LogP contribution in [-0.2, 0) is 16.6 Å². The van der Waals surface area contributed by atoms with Gasteiger partial charge in [0.15, 0.2) is 11.8 Å². The second-order valence-electron chi connectivity index (χ2n) is 3.67. The van der Waals surface area contributed by atoms with Gasteiger partial charge in [0.1, 0.15) is 12.2 Å². The molecule has 0 bridgehead atoms. The zero-order chi connectivity index (χ0) is 13.2. The molecular weight excluding hydrogens is 264 g/mol. The van der Waals surface area contributed by atoms with E-state index in [1.165, 1.54) is 24.7 Å². The van der Waals surface area contributed by atoms with Gasteiger partial charge in [0.25, 0.3) is 0 Å². The van der Waals surface area contributed by atoms with E-state index in [0.717, 1.165) is 0 Å². The molecular formula is C9H15ClN4O4. The molecule has 9 heteroatoms. The molecule has 0 spiro atoms. The minimum Gasteiger partial charge on any atom is -0.453 e. The molecule has 0 aliphatic carbocycles. The predicted molar refractivity (Wildman–Crippen MR) is 65.3 cm³/mol.